The minimum absolute atomic E-state index is 0.743. The van der Waals surface area contributed by atoms with Gasteiger partial charge in [0, 0.05) is 0 Å². The lowest BCUT2D eigenvalue weighted by molar-refractivity contribution is -0.00101. The first-order chi connectivity index (χ1) is 6.69. The number of aliphatic hydroxyl groups excluding tert-OH is 1. The van der Waals surface area contributed by atoms with Gasteiger partial charge in [-0.1, -0.05) is 26.0 Å². The second-order valence-corrected chi connectivity index (χ2v) is 3.32. The topological polar surface area (TPSA) is 29.5 Å². The first kappa shape index (κ1) is 11.1. The van der Waals surface area contributed by atoms with Crippen LogP contribution in [0.25, 0.3) is 0 Å². The Morgan fingerprint density at radius 2 is 2.00 bits per heavy atom. The number of ether oxygens (including phenoxy) is 1. The van der Waals surface area contributed by atoms with E-state index in [4.69, 9.17) is 9.84 Å². The van der Waals surface area contributed by atoms with E-state index in [1.807, 2.05) is 12.1 Å². The third-order valence-electron chi connectivity index (χ3n) is 2.26. The average Bonchev–Trinajstić information content (AvgIpc) is 2.16. The first-order valence-corrected chi connectivity index (χ1v) is 5.14. The molecule has 1 atom stereocenters. The van der Waals surface area contributed by atoms with Crippen molar-refractivity contribution in [1.29, 1.82) is 0 Å². The van der Waals surface area contributed by atoms with Crippen molar-refractivity contribution < 1.29 is 9.84 Å². The lowest BCUT2D eigenvalue weighted by Crippen LogP contribution is -2.11. The molecule has 1 aromatic carbocycles. The Bertz CT molecular complexity index is 292. The largest absolute Gasteiger partial charge is 0.465 e. The van der Waals surface area contributed by atoms with E-state index < -0.39 is 6.29 Å². The zero-order valence-electron chi connectivity index (χ0n) is 9.08. The van der Waals surface area contributed by atoms with Crippen molar-refractivity contribution in [1.82, 2.24) is 0 Å². The number of hydrogen-bond donors (Lipinski definition) is 1. The van der Waals surface area contributed by atoms with Crippen LogP contribution in [0.5, 0.6) is 5.75 Å². The predicted octanol–water partition coefficient (Wildman–Crippen LogP) is 2.53. The van der Waals surface area contributed by atoms with Gasteiger partial charge >= 0.3 is 0 Å². The van der Waals surface area contributed by atoms with Crippen molar-refractivity contribution in [2.75, 3.05) is 0 Å². The molecule has 0 saturated heterocycles. The second-order valence-electron chi connectivity index (χ2n) is 3.32. The Morgan fingerprint density at radius 1 is 1.29 bits per heavy atom. The summed E-state index contributed by atoms with van der Waals surface area (Å²) < 4.78 is 5.33. The highest BCUT2D eigenvalue weighted by Gasteiger charge is 2.07. The summed E-state index contributed by atoms with van der Waals surface area (Å²) in [5.74, 6) is 0.807. The molecule has 78 valence electrons. The van der Waals surface area contributed by atoms with Crippen LogP contribution in [0.2, 0.25) is 0 Å². The molecule has 0 bridgehead atoms. The molecule has 1 aromatic rings. The summed E-state index contributed by atoms with van der Waals surface area (Å²) in [7, 11) is 0. The lowest BCUT2D eigenvalue weighted by Gasteiger charge is -2.15. The van der Waals surface area contributed by atoms with Gasteiger partial charge in [-0.3, -0.25) is 0 Å². The Hall–Kier alpha value is -1.02. The van der Waals surface area contributed by atoms with E-state index in [-0.39, 0.29) is 0 Å². The van der Waals surface area contributed by atoms with Gasteiger partial charge in [0.2, 0.25) is 0 Å². The predicted molar refractivity (Wildman–Crippen MR) is 57.5 cm³/mol. The van der Waals surface area contributed by atoms with Gasteiger partial charge in [-0.05, 0) is 37.0 Å². The van der Waals surface area contributed by atoms with Gasteiger partial charge in [0.1, 0.15) is 5.75 Å². The molecule has 0 aliphatic heterocycles. The van der Waals surface area contributed by atoms with Gasteiger partial charge in [-0.15, -0.1) is 0 Å². The quantitative estimate of drug-likeness (QED) is 0.746. The molecular weight excluding hydrogens is 176 g/mol. The average molecular weight is 194 g/mol. The van der Waals surface area contributed by atoms with Crippen LogP contribution in [0.1, 0.15) is 31.9 Å². The van der Waals surface area contributed by atoms with Gasteiger partial charge in [-0.2, -0.15) is 0 Å². The van der Waals surface area contributed by atoms with E-state index in [2.05, 4.69) is 19.9 Å². The number of aryl methyl sites for hydroxylation is 1. The minimum Gasteiger partial charge on any atom is -0.465 e. The number of hydrogen-bond acceptors (Lipinski definition) is 2. The van der Waals surface area contributed by atoms with Gasteiger partial charge in [0.05, 0.1) is 0 Å². The van der Waals surface area contributed by atoms with Gasteiger partial charge in [0.15, 0.2) is 6.29 Å². The van der Waals surface area contributed by atoms with Gasteiger partial charge in [-0.25, -0.2) is 0 Å². The Labute approximate surface area is 85.5 Å². The molecule has 0 aliphatic carbocycles. The molecule has 0 aliphatic rings. The fraction of sp³-hybridized carbons (Fsp3) is 0.500. The van der Waals surface area contributed by atoms with Crippen LogP contribution in [-0.4, -0.2) is 11.4 Å². The summed E-state index contributed by atoms with van der Waals surface area (Å²) in [4.78, 5) is 0. The van der Waals surface area contributed by atoms with Crippen molar-refractivity contribution in [2.24, 2.45) is 0 Å². The highest BCUT2D eigenvalue weighted by atomic mass is 16.6. The van der Waals surface area contributed by atoms with E-state index in [0.29, 0.717) is 0 Å². The Morgan fingerprint density at radius 3 is 2.50 bits per heavy atom. The number of aliphatic hydroxyl groups is 1. The zero-order chi connectivity index (χ0) is 10.6. The molecule has 1 rings (SSSR count). The zero-order valence-corrected chi connectivity index (χ0v) is 9.08. The molecule has 2 nitrogen and oxygen atoms in total. The maximum Gasteiger partial charge on any atom is 0.194 e. The maximum atomic E-state index is 9.17. The SMILES string of the molecule is CCc1cccc(OC(C)O)c1CC. The fourth-order valence-corrected chi connectivity index (χ4v) is 1.64. The molecule has 0 spiro atoms. The summed E-state index contributed by atoms with van der Waals surface area (Å²) in [5, 5.41) is 9.17. The van der Waals surface area contributed by atoms with E-state index in [1.165, 1.54) is 11.1 Å². The number of rotatable bonds is 4. The molecule has 2 heteroatoms. The maximum absolute atomic E-state index is 9.17. The molecular formula is C12H18O2. The second kappa shape index (κ2) is 5.01. The molecule has 0 radical (unpaired) electrons. The monoisotopic (exact) mass is 194 g/mol. The third kappa shape index (κ3) is 2.48. The molecule has 0 aromatic heterocycles. The highest BCUT2D eigenvalue weighted by Crippen LogP contribution is 2.24. The highest BCUT2D eigenvalue weighted by molar-refractivity contribution is 5.40. The summed E-state index contributed by atoms with van der Waals surface area (Å²) in [6.45, 7) is 5.85. The van der Waals surface area contributed by atoms with Gasteiger partial charge < -0.3 is 9.84 Å². The van der Waals surface area contributed by atoms with Crippen LogP contribution in [-0.2, 0) is 12.8 Å². The van der Waals surface area contributed by atoms with Crippen LogP contribution in [0.15, 0.2) is 18.2 Å². The molecule has 0 saturated carbocycles. The Kier molecular flexibility index (Phi) is 3.96. The fourth-order valence-electron chi connectivity index (χ4n) is 1.64. The molecule has 1 N–H and O–H groups in total. The summed E-state index contributed by atoms with van der Waals surface area (Å²) >= 11 is 0. The molecule has 1 unspecified atom stereocenters. The van der Waals surface area contributed by atoms with E-state index >= 15 is 0 Å². The van der Waals surface area contributed by atoms with Crippen LogP contribution in [0, 0.1) is 0 Å². The minimum atomic E-state index is -0.743. The van der Waals surface area contributed by atoms with E-state index in [0.717, 1.165) is 18.6 Å². The van der Waals surface area contributed by atoms with E-state index in [9.17, 15) is 0 Å². The molecule has 14 heavy (non-hydrogen) atoms. The number of benzene rings is 1. The van der Waals surface area contributed by atoms with Crippen molar-refractivity contribution in [3.05, 3.63) is 29.3 Å². The van der Waals surface area contributed by atoms with Crippen molar-refractivity contribution in [2.45, 2.75) is 39.9 Å². The molecule has 0 fully saturated rings. The first-order valence-electron chi connectivity index (χ1n) is 5.14. The Balaban J connectivity index is 3.02. The standard InChI is InChI=1S/C12H18O2/c1-4-10-7-6-8-12(11(10)5-2)14-9(3)13/h6-9,13H,4-5H2,1-3H3. The molecule has 0 heterocycles. The van der Waals surface area contributed by atoms with Crippen LogP contribution < -0.4 is 4.74 Å². The lowest BCUT2D eigenvalue weighted by atomic mass is 10.0. The summed E-state index contributed by atoms with van der Waals surface area (Å²) in [6.07, 6.45) is 1.19. The van der Waals surface area contributed by atoms with Crippen LogP contribution in [0.3, 0.4) is 0 Å². The molecule has 0 amide bonds. The van der Waals surface area contributed by atoms with Crippen LogP contribution in [0.4, 0.5) is 0 Å². The van der Waals surface area contributed by atoms with Gasteiger partial charge in [0.25, 0.3) is 0 Å². The normalized spacial score (nSPS) is 12.6. The summed E-state index contributed by atoms with van der Waals surface area (Å²) in [6, 6.07) is 5.98. The van der Waals surface area contributed by atoms with E-state index in [1.54, 1.807) is 6.92 Å². The van der Waals surface area contributed by atoms with Crippen molar-refractivity contribution >= 4 is 0 Å². The summed E-state index contributed by atoms with van der Waals surface area (Å²) in [5.41, 5.74) is 2.50. The third-order valence-corrected chi connectivity index (χ3v) is 2.26. The van der Waals surface area contributed by atoms with Crippen LogP contribution >= 0.6 is 0 Å². The van der Waals surface area contributed by atoms with Crippen molar-refractivity contribution in [3.8, 4) is 5.75 Å². The smallest absolute Gasteiger partial charge is 0.194 e. The van der Waals surface area contributed by atoms with Crippen molar-refractivity contribution in [3.63, 3.8) is 0 Å².